The van der Waals surface area contributed by atoms with E-state index in [0.29, 0.717) is 5.69 Å². The molecule has 3 aromatic rings. The van der Waals surface area contributed by atoms with E-state index >= 15 is 0 Å². The van der Waals surface area contributed by atoms with Crippen molar-refractivity contribution in [2.45, 2.75) is 9.37 Å². The molecular weight excluding hydrogens is 292 g/mol. The maximum absolute atomic E-state index is 8.67. The number of nitrogens with two attached hydrogens (primary N) is 1. The minimum absolute atomic E-state index is 0.00301. The lowest BCUT2D eigenvalue weighted by Crippen LogP contribution is -2.14. The summed E-state index contributed by atoms with van der Waals surface area (Å²) in [7, 11) is 0. The molecule has 3 N–H and O–H groups in total. The van der Waals surface area contributed by atoms with Crippen LogP contribution in [0, 0.1) is 0 Å². The van der Waals surface area contributed by atoms with Gasteiger partial charge in [0.05, 0.1) is 10.2 Å². The molecule has 0 fully saturated rings. The van der Waals surface area contributed by atoms with Crippen molar-refractivity contribution < 1.29 is 5.21 Å². The van der Waals surface area contributed by atoms with Gasteiger partial charge in [-0.3, -0.25) is 0 Å². The molecule has 0 radical (unpaired) electrons. The van der Waals surface area contributed by atoms with Crippen LogP contribution in [0.15, 0.2) is 57.0 Å². The van der Waals surface area contributed by atoms with Crippen molar-refractivity contribution in [3.63, 3.8) is 0 Å². The third-order valence-electron chi connectivity index (χ3n) is 2.56. The van der Waals surface area contributed by atoms with Crippen molar-refractivity contribution in [3.8, 4) is 0 Å². The Bertz CT molecular complexity index is 752. The predicted molar refractivity (Wildman–Crippen MR) is 80.5 cm³/mol. The maximum atomic E-state index is 8.67. The normalized spacial score (nSPS) is 11.9. The summed E-state index contributed by atoms with van der Waals surface area (Å²) in [5.41, 5.74) is 6.96. The minimum atomic E-state index is -0.00301. The van der Waals surface area contributed by atoms with E-state index in [2.05, 4.69) is 15.1 Å². The van der Waals surface area contributed by atoms with Gasteiger partial charge in [0.1, 0.15) is 10.7 Å². The summed E-state index contributed by atoms with van der Waals surface area (Å²) < 4.78 is 2.05. The molecule has 5 nitrogen and oxygen atoms in total. The monoisotopic (exact) mass is 302 g/mol. The van der Waals surface area contributed by atoms with Crippen LogP contribution in [0.2, 0.25) is 0 Å². The zero-order chi connectivity index (χ0) is 13.9. The smallest absolute Gasteiger partial charge is 0.188 e. The summed E-state index contributed by atoms with van der Waals surface area (Å²) in [6.07, 6.45) is 0. The van der Waals surface area contributed by atoms with Gasteiger partial charge in [0.2, 0.25) is 0 Å². The van der Waals surface area contributed by atoms with Crippen molar-refractivity contribution in [2.24, 2.45) is 10.9 Å². The number of benzene rings is 1. The predicted octanol–water partition coefficient (Wildman–Crippen LogP) is 2.94. The molecule has 0 amide bonds. The quantitative estimate of drug-likeness (QED) is 0.336. The van der Waals surface area contributed by atoms with Crippen LogP contribution in [0.3, 0.4) is 0 Å². The number of oxime groups is 1. The Morgan fingerprint density at radius 2 is 2.00 bits per heavy atom. The van der Waals surface area contributed by atoms with E-state index in [0.717, 1.165) is 19.6 Å². The first-order valence-electron chi connectivity index (χ1n) is 5.74. The van der Waals surface area contributed by atoms with Gasteiger partial charge in [-0.05, 0) is 36.0 Å². The van der Waals surface area contributed by atoms with Crippen LogP contribution in [-0.4, -0.2) is 21.0 Å². The Balaban J connectivity index is 1.90. The molecule has 0 aliphatic heterocycles. The molecule has 0 spiro atoms. The lowest BCUT2D eigenvalue weighted by atomic mass is 10.3. The molecule has 7 heteroatoms. The van der Waals surface area contributed by atoms with Gasteiger partial charge in [0, 0.05) is 0 Å². The number of hydrogen-bond donors (Lipinski definition) is 2. The van der Waals surface area contributed by atoms with E-state index in [1.54, 1.807) is 17.4 Å². The highest BCUT2D eigenvalue weighted by Crippen LogP contribution is 2.33. The highest BCUT2D eigenvalue weighted by atomic mass is 32.2. The molecule has 0 unspecified atom stereocenters. The zero-order valence-electron chi connectivity index (χ0n) is 10.2. The van der Waals surface area contributed by atoms with Crippen LogP contribution in [0.25, 0.3) is 10.2 Å². The second kappa shape index (κ2) is 5.48. The van der Waals surface area contributed by atoms with E-state index < -0.39 is 0 Å². The minimum Gasteiger partial charge on any atom is -0.409 e. The first kappa shape index (κ1) is 12.9. The molecular formula is C13H10N4OS2. The molecule has 0 saturated heterocycles. The SMILES string of the molecule is NC(=NO)c1cccc(Sc2nc3ccccc3s2)n1. The van der Waals surface area contributed by atoms with Gasteiger partial charge in [-0.15, -0.1) is 11.3 Å². The van der Waals surface area contributed by atoms with E-state index in [1.807, 2.05) is 36.4 Å². The molecule has 0 saturated carbocycles. The fourth-order valence-corrected chi connectivity index (χ4v) is 3.65. The number of amidine groups is 1. The third kappa shape index (κ3) is 2.59. The largest absolute Gasteiger partial charge is 0.409 e. The first-order valence-corrected chi connectivity index (χ1v) is 7.38. The number of hydrogen-bond acceptors (Lipinski definition) is 6. The van der Waals surface area contributed by atoms with E-state index in [-0.39, 0.29) is 5.84 Å². The molecule has 2 heterocycles. The molecule has 0 aliphatic rings. The van der Waals surface area contributed by atoms with E-state index in [9.17, 15) is 0 Å². The lowest BCUT2D eigenvalue weighted by molar-refractivity contribution is 0.318. The number of para-hydroxylation sites is 1. The molecule has 20 heavy (non-hydrogen) atoms. The Morgan fingerprint density at radius 1 is 1.15 bits per heavy atom. The molecule has 0 atom stereocenters. The van der Waals surface area contributed by atoms with Crippen LogP contribution in [-0.2, 0) is 0 Å². The second-order valence-corrected chi connectivity index (χ2v) is 6.19. The zero-order valence-corrected chi connectivity index (χ0v) is 11.9. The van der Waals surface area contributed by atoms with Gasteiger partial charge in [-0.1, -0.05) is 23.4 Å². The number of rotatable bonds is 3. The summed E-state index contributed by atoms with van der Waals surface area (Å²) in [6.45, 7) is 0. The molecule has 0 bridgehead atoms. The third-order valence-corrected chi connectivity index (χ3v) is 4.59. The van der Waals surface area contributed by atoms with Crippen LogP contribution in [0.4, 0.5) is 0 Å². The molecule has 1 aromatic carbocycles. The Hall–Kier alpha value is -2.12. The Labute approximate surface area is 123 Å². The molecule has 2 aromatic heterocycles. The van der Waals surface area contributed by atoms with Gasteiger partial charge in [-0.2, -0.15) is 0 Å². The number of thiazole rings is 1. The number of aromatic nitrogens is 2. The summed E-state index contributed by atoms with van der Waals surface area (Å²) in [5, 5.41) is 12.4. The highest BCUT2D eigenvalue weighted by molar-refractivity contribution is 8.01. The Kier molecular flexibility index (Phi) is 3.53. The van der Waals surface area contributed by atoms with Crippen molar-refractivity contribution >= 4 is 39.2 Å². The van der Waals surface area contributed by atoms with Gasteiger partial charge < -0.3 is 10.9 Å². The summed E-state index contributed by atoms with van der Waals surface area (Å²) in [4.78, 5) is 8.86. The fraction of sp³-hybridized carbons (Fsp3) is 0. The van der Waals surface area contributed by atoms with Gasteiger partial charge in [-0.25, -0.2) is 9.97 Å². The number of pyridine rings is 1. The molecule has 0 aliphatic carbocycles. The molecule has 100 valence electrons. The average molecular weight is 302 g/mol. The highest BCUT2D eigenvalue weighted by Gasteiger charge is 2.08. The van der Waals surface area contributed by atoms with E-state index in [1.165, 1.54) is 11.8 Å². The van der Waals surface area contributed by atoms with Crippen molar-refractivity contribution in [1.82, 2.24) is 9.97 Å². The van der Waals surface area contributed by atoms with Crippen LogP contribution < -0.4 is 5.73 Å². The maximum Gasteiger partial charge on any atom is 0.188 e. The number of fused-ring (bicyclic) bond motifs is 1. The fourth-order valence-electron chi connectivity index (χ4n) is 1.65. The molecule has 3 rings (SSSR count). The van der Waals surface area contributed by atoms with Crippen molar-refractivity contribution in [1.29, 1.82) is 0 Å². The van der Waals surface area contributed by atoms with Gasteiger partial charge in [0.25, 0.3) is 0 Å². The average Bonchev–Trinajstić information content (AvgIpc) is 2.88. The van der Waals surface area contributed by atoms with Gasteiger partial charge in [0.15, 0.2) is 10.2 Å². The van der Waals surface area contributed by atoms with Crippen molar-refractivity contribution in [2.75, 3.05) is 0 Å². The van der Waals surface area contributed by atoms with E-state index in [4.69, 9.17) is 10.9 Å². The lowest BCUT2D eigenvalue weighted by Gasteiger charge is -2.00. The first-order chi connectivity index (χ1) is 9.76. The number of nitrogens with zero attached hydrogens (tertiary/aromatic N) is 3. The van der Waals surface area contributed by atoms with Gasteiger partial charge >= 0.3 is 0 Å². The van der Waals surface area contributed by atoms with Crippen LogP contribution in [0.5, 0.6) is 0 Å². The second-order valence-electron chi connectivity index (χ2n) is 3.90. The summed E-state index contributed by atoms with van der Waals surface area (Å²) in [5.74, 6) is -0.00301. The summed E-state index contributed by atoms with van der Waals surface area (Å²) in [6, 6.07) is 13.4. The Morgan fingerprint density at radius 3 is 2.80 bits per heavy atom. The topological polar surface area (TPSA) is 84.4 Å². The van der Waals surface area contributed by atoms with Crippen LogP contribution >= 0.6 is 23.1 Å². The van der Waals surface area contributed by atoms with Crippen molar-refractivity contribution in [3.05, 3.63) is 48.2 Å². The standard InChI is InChI=1S/C13H10N4OS2/c14-12(17-18)9-5-3-7-11(15-9)20-13-16-8-4-1-2-6-10(8)19-13/h1-7,18H,(H2,14,17). The van der Waals surface area contributed by atoms with Crippen LogP contribution in [0.1, 0.15) is 5.69 Å². The summed E-state index contributed by atoms with van der Waals surface area (Å²) >= 11 is 3.07.